The SMILES string of the molecule is C.C.C.C=S(CC(C)(C)C)NCC(C)(C)C.C=S(CC(C)(C)C)NCC(C)(C)C.C=S(CCC(C)(C)C)NC(C)(C)C.C=S(CCC(C)(C)C)NC(C)(C)C.C=S(CNC(C)(C)C)CC(C)(C)C.C=S(CNC(C)(C)C)CC(C)(C)C.C=S(CNCC(C)(C)C)C(C)(C)C.C=S(NCCC(C)(C)C)C(C)(C)C.CC.CC.CC.CC.CC.CC.CC.CC. The summed E-state index contributed by atoms with van der Waals surface area (Å²) in [4.78, 5) is 0. The molecule has 0 heterocycles. The molecule has 0 aromatic rings. The summed E-state index contributed by atoms with van der Waals surface area (Å²) in [6.45, 7) is 144. The normalized spacial score (nSPS) is 13.8. The van der Waals surface area contributed by atoms with Gasteiger partial charge in [0.1, 0.15) is 0 Å². The Morgan fingerprint density at radius 1 is 0.220 bits per heavy atom. The van der Waals surface area contributed by atoms with Crippen LogP contribution in [0.25, 0.3) is 0 Å². The van der Waals surface area contributed by atoms with Crippen molar-refractivity contribution in [3.63, 3.8) is 0 Å². The molecule has 16 heteroatoms. The summed E-state index contributed by atoms with van der Waals surface area (Å²) in [6, 6.07) is 0. The molecule has 776 valence electrons. The lowest BCUT2D eigenvalue weighted by atomic mass is 9.93. The van der Waals surface area contributed by atoms with Crippen molar-refractivity contribution in [2.75, 3.05) is 78.3 Å². The standard InChI is InChI=1S/8C11H25NS.8C2H6.3CH4/c2*1-10(2,3)8-13(7)9-12-11(4,5)6;1-10(2,3)8-12-9-13(7)11(4,5)6;2*1-10(2,3)8-12-13(7)9-11(4,5)6;2*1-10(2,3)8-9-13(7)12-11(4,5)6;1-10(2,3)8-9-12-13(7)11(4,5)6;8*1-2;;;/h8*12H,7-9H2,1-6H3;8*1-2H3;3*1H4. The van der Waals surface area contributed by atoms with Gasteiger partial charge in [-0.05, 0) is 168 Å². The van der Waals surface area contributed by atoms with Crippen LogP contribution in [0.15, 0.2) is 0 Å². The Morgan fingerprint density at radius 2 is 0.439 bits per heavy atom. The van der Waals surface area contributed by atoms with Gasteiger partial charge >= 0.3 is 0 Å². The molecule has 0 amide bonds. The second kappa shape index (κ2) is 87.5. The Balaban J connectivity index is -0.0000000574. The van der Waals surface area contributed by atoms with Crippen molar-refractivity contribution in [1.29, 1.82) is 0 Å². The Labute approximate surface area is 813 Å². The van der Waals surface area contributed by atoms with Gasteiger partial charge in [0.15, 0.2) is 0 Å². The maximum Gasteiger partial charge on any atom is 0.0367 e. The van der Waals surface area contributed by atoms with Gasteiger partial charge in [0.25, 0.3) is 0 Å². The predicted molar refractivity (Wildman–Crippen MR) is 644 cm³/mol. The summed E-state index contributed by atoms with van der Waals surface area (Å²) in [5.74, 6) is 43.5. The molecule has 0 spiro atoms. The van der Waals surface area contributed by atoms with E-state index in [1.807, 2.05) is 111 Å². The van der Waals surface area contributed by atoms with E-state index in [0.29, 0.717) is 58.9 Å². The second-order valence-corrected chi connectivity index (χ2v) is 61.8. The molecule has 0 saturated carbocycles. The van der Waals surface area contributed by atoms with E-state index in [1.54, 1.807) is 0 Å². The molecule has 0 fully saturated rings. The Hall–Kier alpha value is 1.44. The van der Waals surface area contributed by atoms with E-state index in [4.69, 9.17) is 0 Å². The summed E-state index contributed by atoms with van der Waals surface area (Å²) in [5.41, 5.74) is 4.82. The quantitative estimate of drug-likeness (QED) is 0.0453. The monoisotopic (exact) mass is 1910 g/mol. The van der Waals surface area contributed by atoms with Crippen LogP contribution in [0.5, 0.6) is 0 Å². The van der Waals surface area contributed by atoms with Crippen LogP contribution in [0.2, 0.25) is 0 Å². The minimum Gasteiger partial charge on any atom is -0.308 e. The smallest absolute Gasteiger partial charge is 0.0367 e. The molecule has 0 rings (SSSR count). The van der Waals surface area contributed by atoms with Gasteiger partial charge < -0.3 is 16.0 Å². The molecule has 0 bridgehead atoms. The minimum absolute atomic E-state index is 0. The second-order valence-electron chi connectivity index (χ2n) is 47.1. The van der Waals surface area contributed by atoms with Crippen LogP contribution >= 0.6 is 84.8 Å². The zero-order valence-electron chi connectivity index (χ0n) is 96.2. The van der Waals surface area contributed by atoms with Crippen LogP contribution in [-0.4, -0.2) is 157 Å². The van der Waals surface area contributed by atoms with E-state index in [9.17, 15) is 0 Å². The van der Waals surface area contributed by atoms with Crippen LogP contribution in [-0.2, 0) is 0 Å². The highest BCUT2D eigenvalue weighted by Gasteiger charge is 2.22. The van der Waals surface area contributed by atoms with Gasteiger partial charge in [-0.2, -0.15) is 31.5 Å². The summed E-state index contributed by atoms with van der Waals surface area (Å²) in [5, 5.41) is 10.5. The fraction of sp³-hybridized carbons (Fsp3) is 0.925. The number of hydrogen-bond acceptors (Lipinski definition) is 8. The van der Waals surface area contributed by atoms with E-state index in [2.05, 4.69) is 419 Å². The molecular weight excluding hydrogens is 1650 g/mol. The van der Waals surface area contributed by atoms with Gasteiger partial charge in [-0.15, -0.1) is 53.4 Å². The number of hydrogen-bond donors (Lipinski definition) is 8. The Bertz CT molecular complexity index is 2020. The number of nitrogens with one attached hydrogen (secondary N) is 8. The maximum absolute atomic E-state index is 4.19. The molecule has 0 radical (unpaired) electrons. The lowest BCUT2D eigenvalue weighted by Gasteiger charge is -2.26. The lowest BCUT2D eigenvalue weighted by Crippen LogP contribution is -2.36. The molecular formula is C107H260N8S8. The van der Waals surface area contributed by atoms with Crippen LogP contribution < -0.4 is 39.6 Å². The largest absolute Gasteiger partial charge is 0.308 e. The zero-order valence-corrected chi connectivity index (χ0v) is 103. The highest BCUT2D eigenvalue weighted by atomic mass is 32.2. The highest BCUT2D eigenvalue weighted by Crippen LogP contribution is 2.32. The molecule has 0 saturated heterocycles. The van der Waals surface area contributed by atoms with Crippen LogP contribution in [0.4, 0.5) is 0 Å². The van der Waals surface area contributed by atoms with Crippen molar-refractivity contribution in [2.24, 2.45) is 54.1 Å². The first-order chi connectivity index (χ1) is 52.9. The van der Waals surface area contributed by atoms with Crippen LogP contribution in [0, 0.1) is 54.1 Å². The van der Waals surface area contributed by atoms with Crippen LogP contribution in [0.3, 0.4) is 0 Å². The van der Waals surface area contributed by atoms with Crippen molar-refractivity contribution in [3.05, 3.63) is 0 Å². The summed E-state index contributed by atoms with van der Waals surface area (Å²) >= 11 is 0. The zero-order chi connectivity index (χ0) is 102. The first kappa shape index (κ1) is 171. The molecule has 123 heavy (non-hydrogen) atoms. The summed E-state index contributed by atoms with van der Waals surface area (Å²) in [6.07, 6.45) is 3.69. The van der Waals surface area contributed by atoms with Gasteiger partial charge in [0, 0.05) is 98.5 Å². The fourth-order valence-electron chi connectivity index (χ4n) is 7.11. The van der Waals surface area contributed by atoms with Gasteiger partial charge in [0.05, 0.1) is 0 Å². The van der Waals surface area contributed by atoms with Crippen LogP contribution in [0.1, 0.15) is 485 Å². The molecule has 0 aliphatic heterocycles. The molecule has 8 atom stereocenters. The van der Waals surface area contributed by atoms with Crippen molar-refractivity contribution in [1.82, 2.24) is 39.6 Å². The first-order valence-electron chi connectivity index (χ1n) is 46.8. The molecule has 0 aromatic carbocycles. The van der Waals surface area contributed by atoms with Crippen molar-refractivity contribution in [3.8, 4) is 0 Å². The molecule has 0 aliphatic rings. The molecule has 8 nitrogen and oxygen atoms in total. The molecule has 0 aromatic heterocycles. The summed E-state index contributed by atoms with van der Waals surface area (Å²) in [7, 11) is 1.26. The summed E-state index contributed by atoms with van der Waals surface area (Å²) < 4.78 is 18.1. The minimum atomic E-state index is 0. The highest BCUT2D eigenvalue weighted by molar-refractivity contribution is 8.15. The third kappa shape index (κ3) is 209. The van der Waals surface area contributed by atoms with Gasteiger partial charge in [-0.1, -0.05) is 429 Å². The maximum atomic E-state index is 4.19. The third-order valence-electron chi connectivity index (χ3n) is 12.5. The molecule has 8 unspecified atom stereocenters. The average molecular weight is 1920 g/mol. The van der Waals surface area contributed by atoms with E-state index in [-0.39, 0.29) is 134 Å². The Kier molecular flexibility index (Phi) is 121. The lowest BCUT2D eigenvalue weighted by molar-refractivity contribution is 0.380. The first-order valence-corrected chi connectivity index (χ1v) is 59.5. The molecule has 8 N–H and O–H groups in total. The van der Waals surface area contributed by atoms with Gasteiger partial charge in [-0.3, -0.25) is 23.6 Å². The van der Waals surface area contributed by atoms with E-state index < -0.39 is 0 Å². The van der Waals surface area contributed by atoms with E-state index in [1.165, 1.54) is 42.3 Å². The third-order valence-corrected chi connectivity index (χ3v) is 27.2. The molecule has 0 aliphatic carbocycles. The van der Waals surface area contributed by atoms with Crippen molar-refractivity contribution in [2.45, 2.75) is 516 Å². The van der Waals surface area contributed by atoms with E-state index >= 15 is 0 Å². The Morgan fingerprint density at radius 3 is 0.602 bits per heavy atom. The van der Waals surface area contributed by atoms with Gasteiger partial charge in [0.2, 0.25) is 0 Å². The van der Waals surface area contributed by atoms with Crippen molar-refractivity contribution >= 4 is 132 Å². The van der Waals surface area contributed by atoms with Gasteiger partial charge in [-0.25, -0.2) is 0 Å². The van der Waals surface area contributed by atoms with E-state index in [0.717, 1.165) is 55.3 Å². The topological polar surface area (TPSA) is 96.2 Å². The fourth-order valence-corrected chi connectivity index (χ4v) is 19.8. The predicted octanol–water partition coefficient (Wildman–Crippen LogP) is 36.2. The average Bonchev–Trinajstić information content (AvgIpc) is 0.927. The number of rotatable bonds is 24. The van der Waals surface area contributed by atoms with Crippen molar-refractivity contribution < 1.29 is 0 Å².